The van der Waals surface area contributed by atoms with Crippen molar-refractivity contribution in [2.75, 3.05) is 39.8 Å². The third-order valence-electron chi connectivity index (χ3n) is 8.58. The molecule has 0 spiro atoms. The van der Waals surface area contributed by atoms with Crippen LogP contribution in [0.3, 0.4) is 0 Å². The van der Waals surface area contributed by atoms with Crippen molar-refractivity contribution >= 4 is 16.1 Å². The van der Waals surface area contributed by atoms with Crippen LogP contribution in [0.5, 0.6) is 0 Å². The first-order valence-corrected chi connectivity index (χ1v) is 16.6. The highest BCUT2D eigenvalue weighted by Gasteiger charge is 2.34. The van der Waals surface area contributed by atoms with Crippen LogP contribution in [-0.2, 0) is 21.4 Å². The minimum Gasteiger partial charge on any atom is -0.445 e. The van der Waals surface area contributed by atoms with Gasteiger partial charge in [-0.1, -0.05) is 78.9 Å². The number of ether oxygens (including phenoxy) is 1. The molecule has 1 saturated heterocycles. The molecule has 1 atom stereocenters. The van der Waals surface area contributed by atoms with E-state index >= 15 is 0 Å². The highest BCUT2D eigenvalue weighted by atomic mass is 32.2. The molecule has 7 nitrogen and oxygen atoms in total. The van der Waals surface area contributed by atoms with Crippen LogP contribution in [0.1, 0.15) is 49.1 Å². The van der Waals surface area contributed by atoms with Crippen molar-refractivity contribution in [3.8, 4) is 0 Å². The van der Waals surface area contributed by atoms with Crippen LogP contribution >= 0.6 is 0 Å². The predicted octanol–water partition coefficient (Wildman–Crippen LogP) is 5.99. The number of piperidine rings is 1. The lowest BCUT2D eigenvalue weighted by atomic mass is 9.94. The van der Waals surface area contributed by atoms with E-state index in [-0.39, 0.29) is 18.1 Å². The van der Waals surface area contributed by atoms with E-state index in [2.05, 4.69) is 17.0 Å². The Morgan fingerprint density at radius 1 is 0.881 bits per heavy atom. The molecule has 0 radical (unpaired) electrons. The number of amides is 1. The zero-order valence-corrected chi connectivity index (χ0v) is 25.4. The lowest BCUT2D eigenvalue weighted by molar-refractivity contribution is 0.0580. The molecule has 2 aliphatic rings. The quantitative estimate of drug-likeness (QED) is 0.245. The molecule has 3 aromatic carbocycles. The van der Waals surface area contributed by atoms with Gasteiger partial charge in [0.1, 0.15) is 6.61 Å². The van der Waals surface area contributed by atoms with E-state index in [4.69, 9.17) is 4.74 Å². The van der Waals surface area contributed by atoms with Gasteiger partial charge in [0.25, 0.3) is 0 Å². The van der Waals surface area contributed by atoms with Crippen molar-refractivity contribution in [3.05, 3.63) is 102 Å². The van der Waals surface area contributed by atoms with Gasteiger partial charge in [-0.05, 0) is 73.7 Å². The van der Waals surface area contributed by atoms with E-state index in [0.717, 1.165) is 56.6 Å². The number of nitrogens with zero attached hydrogens (tertiary/aromatic N) is 3. The summed E-state index contributed by atoms with van der Waals surface area (Å²) in [6.45, 7) is 4.22. The van der Waals surface area contributed by atoms with Gasteiger partial charge in [-0.2, -0.15) is 0 Å². The van der Waals surface area contributed by atoms with Crippen molar-refractivity contribution in [2.24, 2.45) is 5.92 Å². The molecule has 1 heterocycles. The van der Waals surface area contributed by atoms with Crippen LogP contribution in [0.15, 0.2) is 95.9 Å². The van der Waals surface area contributed by atoms with Crippen LogP contribution in [0.4, 0.5) is 4.79 Å². The Balaban J connectivity index is 1.16. The average molecular weight is 590 g/mol. The van der Waals surface area contributed by atoms with Gasteiger partial charge in [-0.15, -0.1) is 0 Å². The van der Waals surface area contributed by atoms with E-state index in [1.165, 1.54) is 17.1 Å². The summed E-state index contributed by atoms with van der Waals surface area (Å²) < 4.78 is 33.7. The monoisotopic (exact) mass is 589 g/mol. The second kappa shape index (κ2) is 14.3. The van der Waals surface area contributed by atoms with Crippen molar-refractivity contribution in [1.82, 2.24) is 14.1 Å². The highest BCUT2D eigenvalue weighted by Crippen LogP contribution is 2.32. The number of likely N-dealkylation sites (N-methyl/N-ethyl adjacent to an activating group) is 1. The SMILES string of the molecule is CN(C[C@H](CCN1CCC(N(CC2CC2)C(=O)OCc2ccccc2)CC1)c1ccccc1)S(=O)(=O)c1ccccc1. The smallest absolute Gasteiger partial charge is 0.410 e. The van der Waals surface area contributed by atoms with E-state index in [0.29, 0.717) is 24.0 Å². The number of likely N-dealkylation sites (tertiary alicyclic amines) is 1. The van der Waals surface area contributed by atoms with Crippen LogP contribution in [-0.4, -0.2) is 74.4 Å². The Hall–Kier alpha value is -3.20. The molecule has 5 rings (SSSR count). The van der Waals surface area contributed by atoms with E-state index in [1.54, 1.807) is 31.3 Å². The fourth-order valence-electron chi connectivity index (χ4n) is 5.82. The Bertz CT molecular complexity index is 1360. The predicted molar refractivity (Wildman–Crippen MR) is 166 cm³/mol. The van der Waals surface area contributed by atoms with E-state index in [1.807, 2.05) is 59.5 Å². The molecule has 1 saturated carbocycles. The number of carbonyl (C=O) groups is 1. The summed E-state index contributed by atoms with van der Waals surface area (Å²) >= 11 is 0. The molecule has 1 amide bonds. The van der Waals surface area contributed by atoms with Gasteiger partial charge in [0, 0.05) is 39.3 Å². The average Bonchev–Trinajstić information content (AvgIpc) is 3.86. The summed E-state index contributed by atoms with van der Waals surface area (Å²) in [6.07, 6.45) is 4.88. The van der Waals surface area contributed by atoms with Crippen LogP contribution < -0.4 is 0 Å². The topological polar surface area (TPSA) is 70.2 Å². The summed E-state index contributed by atoms with van der Waals surface area (Å²) in [4.78, 5) is 17.9. The molecule has 1 aliphatic heterocycles. The van der Waals surface area contributed by atoms with Crippen LogP contribution in [0, 0.1) is 5.92 Å². The highest BCUT2D eigenvalue weighted by molar-refractivity contribution is 7.89. The van der Waals surface area contributed by atoms with Gasteiger partial charge in [0.2, 0.25) is 10.0 Å². The standard InChI is InChI=1S/C34H43N3O4S/c1-35(42(39,40)33-15-9-4-10-16-33)26-31(30-13-7-3-8-14-30)19-22-36-23-20-32(21-24-36)37(25-28-17-18-28)34(38)41-27-29-11-5-2-6-12-29/h2-16,28,31-32H,17-27H2,1H3/t31-/m0/s1. The van der Waals surface area contributed by atoms with Gasteiger partial charge in [-0.3, -0.25) is 0 Å². The first kappa shape index (κ1) is 30.3. The molecule has 224 valence electrons. The molecule has 1 aliphatic carbocycles. The second-order valence-electron chi connectivity index (χ2n) is 11.7. The maximum absolute atomic E-state index is 13.2. The van der Waals surface area contributed by atoms with Gasteiger partial charge >= 0.3 is 6.09 Å². The molecule has 42 heavy (non-hydrogen) atoms. The normalized spacial score (nSPS) is 17.2. The molecule has 8 heteroatoms. The van der Waals surface area contributed by atoms with Crippen molar-refractivity contribution < 1.29 is 17.9 Å². The summed E-state index contributed by atoms with van der Waals surface area (Å²) in [7, 11) is -1.89. The summed E-state index contributed by atoms with van der Waals surface area (Å²) in [6, 6.07) is 28.9. The fraction of sp³-hybridized carbons (Fsp3) is 0.441. The maximum atomic E-state index is 13.2. The first-order chi connectivity index (χ1) is 20.4. The Kier molecular flexibility index (Phi) is 10.3. The molecule has 0 unspecified atom stereocenters. The van der Waals surface area contributed by atoms with Gasteiger partial charge in [-0.25, -0.2) is 17.5 Å². The number of benzene rings is 3. The summed E-state index contributed by atoms with van der Waals surface area (Å²) in [5, 5.41) is 0. The fourth-order valence-corrected chi connectivity index (χ4v) is 7.05. The number of sulfonamides is 1. The molecular formula is C34H43N3O4S. The Morgan fingerprint density at radius 3 is 2.10 bits per heavy atom. The Morgan fingerprint density at radius 2 is 1.48 bits per heavy atom. The van der Waals surface area contributed by atoms with Crippen molar-refractivity contribution in [2.45, 2.75) is 55.6 Å². The number of hydrogen-bond acceptors (Lipinski definition) is 5. The van der Waals surface area contributed by atoms with Gasteiger partial charge < -0.3 is 14.5 Å². The third kappa shape index (κ3) is 8.21. The molecule has 2 fully saturated rings. The molecular weight excluding hydrogens is 546 g/mol. The molecule has 0 bridgehead atoms. The molecule has 0 N–H and O–H groups in total. The first-order valence-electron chi connectivity index (χ1n) is 15.2. The van der Waals surface area contributed by atoms with E-state index < -0.39 is 10.0 Å². The zero-order valence-electron chi connectivity index (χ0n) is 24.6. The van der Waals surface area contributed by atoms with E-state index in [9.17, 15) is 13.2 Å². The minimum atomic E-state index is -3.57. The molecule has 3 aromatic rings. The zero-order chi connectivity index (χ0) is 29.4. The van der Waals surface area contributed by atoms with Crippen molar-refractivity contribution in [3.63, 3.8) is 0 Å². The maximum Gasteiger partial charge on any atom is 0.410 e. The van der Waals surface area contributed by atoms with Crippen LogP contribution in [0.2, 0.25) is 0 Å². The lowest BCUT2D eigenvalue weighted by Crippen LogP contribution is -2.48. The summed E-state index contributed by atoms with van der Waals surface area (Å²) in [5.74, 6) is 0.676. The third-order valence-corrected chi connectivity index (χ3v) is 10.4. The molecule has 0 aromatic heterocycles. The number of carbonyl (C=O) groups excluding carboxylic acids is 1. The largest absolute Gasteiger partial charge is 0.445 e. The summed E-state index contributed by atoms with van der Waals surface area (Å²) in [5.41, 5.74) is 2.15. The van der Waals surface area contributed by atoms with Gasteiger partial charge in [0.05, 0.1) is 4.90 Å². The van der Waals surface area contributed by atoms with Crippen LogP contribution in [0.25, 0.3) is 0 Å². The Labute approximate surface area is 251 Å². The number of rotatable bonds is 13. The number of hydrogen-bond donors (Lipinski definition) is 0. The minimum absolute atomic E-state index is 0.0757. The lowest BCUT2D eigenvalue weighted by Gasteiger charge is -2.38. The van der Waals surface area contributed by atoms with Crippen molar-refractivity contribution in [1.29, 1.82) is 0 Å². The second-order valence-corrected chi connectivity index (χ2v) is 13.7. The van der Waals surface area contributed by atoms with Gasteiger partial charge in [0.15, 0.2) is 0 Å².